The zero-order chi connectivity index (χ0) is 13.1. The van der Waals surface area contributed by atoms with E-state index in [9.17, 15) is 19.3 Å². The van der Waals surface area contributed by atoms with Crippen LogP contribution >= 0.6 is 11.3 Å². The lowest BCUT2D eigenvalue weighted by Crippen LogP contribution is -2.12. The zero-order valence-electron chi connectivity index (χ0n) is 8.79. The predicted octanol–water partition coefficient (Wildman–Crippen LogP) is 2.44. The van der Waals surface area contributed by atoms with Crippen molar-refractivity contribution in [2.75, 3.05) is 5.32 Å². The van der Waals surface area contributed by atoms with Gasteiger partial charge in [0.05, 0.1) is 22.2 Å². The van der Waals surface area contributed by atoms with E-state index in [1.165, 1.54) is 22.2 Å². The Kier molecular flexibility index (Phi) is 3.28. The van der Waals surface area contributed by atoms with Gasteiger partial charge in [-0.1, -0.05) is 0 Å². The number of hydrogen-bond donors (Lipinski definition) is 1. The number of aromatic nitrogens is 1. The summed E-state index contributed by atoms with van der Waals surface area (Å²) in [5, 5.41) is 14.4. The number of nitrogens with zero attached hydrogens (tertiary/aromatic N) is 2. The minimum absolute atomic E-state index is 0.0136. The number of non-ortho nitro benzene ring substituents is 1. The molecule has 18 heavy (non-hydrogen) atoms. The predicted molar refractivity (Wildman–Crippen MR) is 63.1 cm³/mol. The van der Waals surface area contributed by atoms with Crippen molar-refractivity contribution in [2.24, 2.45) is 0 Å². The van der Waals surface area contributed by atoms with Crippen molar-refractivity contribution < 1.29 is 14.1 Å². The lowest BCUT2D eigenvalue weighted by molar-refractivity contribution is -0.385. The number of benzene rings is 1. The van der Waals surface area contributed by atoms with E-state index in [1.807, 2.05) is 0 Å². The fraction of sp³-hybridized carbons (Fsp3) is 0. The monoisotopic (exact) mass is 267 g/mol. The molecular weight excluding hydrogens is 261 g/mol. The van der Waals surface area contributed by atoms with Crippen LogP contribution in [0.4, 0.5) is 15.8 Å². The summed E-state index contributed by atoms with van der Waals surface area (Å²) >= 11 is 1.24. The van der Waals surface area contributed by atoms with Crippen molar-refractivity contribution in [3.05, 3.63) is 50.7 Å². The van der Waals surface area contributed by atoms with Gasteiger partial charge in [-0.15, -0.1) is 11.3 Å². The van der Waals surface area contributed by atoms with Gasteiger partial charge in [0.25, 0.3) is 11.6 Å². The average Bonchev–Trinajstić information content (AvgIpc) is 2.81. The third kappa shape index (κ3) is 2.66. The molecule has 1 aromatic heterocycles. The maximum absolute atomic E-state index is 13.1. The number of nitrogens with one attached hydrogen (secondary N) is 1. The molecule has 0 saturated carbocycles. The van der Waals surface area contributed by atoms with Gasteiger partial charge in [0.2, 0.25) is 0 Å². The molecule has 0 aliphatic carbocycles. The van der Waals surface area contributed by atoms with E-state index in [-0.39, 0.29) is 11.4 Å². The smallest absolute Gasteiger partial charge is 0.275 e. The van der Waals surface area contributed by atoms with Crippen molar-refractivity contribution in [1.29, 1.82) is 0 Å². The van der Waals surface area contributed by atoms with Gasteiger partial charge in [0, 0.05) is 11.4 Å². The number of hydrogen-bond acceptors (Lipinski definition) is 5. The van der Waals surface area contributed by atoms with Gasteiger partial charge in [0.1, 0.15) is 11.5 Å². The highest BCUT2D eigenvalue weighted by molar-refractivity contribution is 7.07. The largest absolute Gasteiger partial charge is 0.320 e. The molecule has 1 N–H and O–H groups in total. The van der Waals surface area contributed by atoms with Crippen molar-refractivity contribution in [2.45, 2.75) is 0 Å². The first-order chi connectivity index (χ1) is 8.56. The van der Waals surface area contributed by atoms with E-state index in [4.69, 9.17) is 0 Å². The number of nitro groups is 1. The number of nitro benzene ring substituents is 1. The molecule has 1 amide bonds. The van der Waals surface area contributed by atoms with Crippen LogP contribution in [0.15, 0.2) is 29.1 Å². The van der Waals surface area contributed by atoms with Crippen LogP contribution in [0.1, 0.15) is 10.5 Å². The number of rotatable bonds is 3. The normalized spacial score (nSPS) is 10.1. The lowest BCUT2D eigenvalue weighted by Gasteiger charge is -2.03. The fourth-order valence-electron chi connectivity index (χ4n) is 1.27. The van der Waals surface area contributed by atoms with E-state index in [0.29, 0.717) is 0 Å². The third-order valence-corrected chi connectivity index (χ3v) is 2.60. The van der Waals surface area contributed by atoms with E-state index >= 15 is 0 Å². The highest BCUT2D eigenvalue weighted by Gasteiger charge is 2.13. The minimum Gasteiger partial charge on any atom is -0.320 e. The molecule has 0 bridgehead atoms. The van der Waals surface area contributed by atoms with Crippen molar-refractivity contribution in [1.82, 2.24) is 4.98 Å². The molecule has 0 aliphatic rings. The molecule has 6 nitrogen and oxygen atoms in total. The van der Waals surface area contributed by atoms with E-state index in [2.05, 4.69) is 10.3 Å². The second kappa shape index (κ2) is 4.88. The van der Waals surface area contributed by atoms with Gasteiger partial charge in [-0.2, -0.15) is 0 Å². The molecule has 8 heteroatoms. The Labute approximate surface area is 104 Å². The summed E-state index contributed by atoms with van der Waals surface area (Å²) < 4.78 is 13.1. The second-order valence-electron chi connectivity index (χ2n) is 3.28. The van der Waals surface area contributed by atoms with E-state index in [0.717, 1.165) is 18.2 Å². The third-order valence-electron chi connectivity index (χ3n) is 2.02. The maximum Gasteiger partial charge on any atom is 0.275 e. The van der Waals surface area contributed by atoms with Crippen LogP contribution in [-0.4, -0.2) is 15.8 Å². The number of halogens is 1. The van der Waals surface area contributed by atoms with Crippen molar-refractivity contribution >= 4 is 28.6 Å². The first-order valence-electron chi connectivity index (χ1n) is 4.71. The van der Waals surface area contributed by atoms with Gasteiger partial charge >= 0.3 is 0 Å². The Morgan fingerprint density at radius 2 is 2.22 bits per heavy atom. The minimum atomic E-state index is -0.794. The molecule has 0 spiro atoms. The standard InChI is InChI=1S/C10H6FN3O3S/c11-6-1-7(3-8(2-6)14(16)17)13-10(15)9-4-18-5-12-9/h1-5H,(H,13,15). The van der Waals surface area contributed by atoms with Gasteiger partial charge in [0.15, 0.2) is 0 Å². The highest BCUT2D eigenvalue weighted by Crippen LogP contribution is 2.20. The summed E-state index contributed by atoms with van der Waals surface area (Å²) in [4.78, 5) is 25.2. The van der Waals surface area contributed by atoms with Gasteiger partial charge in [-0.25, -0.2) is 9.37 Å². The topological polar surface area (TPSA) is 85.1 Å². The average molecular weight is 267 g/mol. The summed E-state index contributed by atoms with van der Waals surface area (Å²) in [6, 6.07) is 2.85. The molecule has 0 atom stereocenters. The summed E-state index contributed by atoms with van der Waals surface area (Å²) in [6.45, 7) is 0. The number of anilines is 1. The summed E-state index contributed by atoms with van der Waals surface area (Å²) in [7, 11) is 0. The first-order valence-corrected chi connectivity index (χ1v) is 5.65. The number of thiazole rings is 1. The van der Waals surface area contributed by atoms with Crippen LogP contribution in [0.2, 0.25) is 0 Å². The number of amides is 1. The lowest BCUT2D eigenvalue weighted by atomic mass is 10.2. The number of carbonyl (C=O) groups excluding carboxylic acids is 1. The quantitative estimate of drug-likeness (QED) is 0.683. The van der Waals surface area contributed by atoms with Crippen molar-refractivity contribution in [3.8, 4) is 0 Å². The zero-order valence-corrected chi connectivity index (χ0v) is 9.61. The molecule has 0 aliphatic heterocycles. The Morgan fingerprint density at radius 1 is 1.44 bits per heavy atom. The number of carbonyl (C=O) groups is 1. The Balaban J connectivity index is 2.24. The van der Waals surface area contributed by atoms with Crippen LogP contribution in [0.25, 0.3) is 0 Å². The van der Waals surface area contributed by atoms with Gasteiger partial charge in [-0.3, -0.25) is 14.9 Å². The van der Waals surface area contributed by atoms with Gasteiger partial charge < -0.3 is 5.32 Å². The SMILES string of the molecule is O=C(Nc1cc(F)cc([N+](=O)[O-])c1)c1cscn1. The highest BCUT2D eigenvalue weighted by atomic mass is 32.1. The second-order valence-corrected chi connectivity index (χ2v) is 4.00. The molecule has 0 radical (unpaired) electrons. The Bertz CT molecular complexity index is 600. The van der Waals surface area contributed by atoms with Crippen LogP contribution in [0, 0.1) is 15.9 Å². The molecular formula is C10H6FN3O3S. The summed E-state index contributed by atoms with van der Waals surface area (Å²) in [6.07, 6.45) is 0. The molecule has 0 fully saturated rings. The molecule has 0 saturated heterocycles. The Hall–Kier alpha value is -2.35. The Morgan fingerprint density at radius 3 is 2.83 bits per heavy atom. The molecule has 0 unspecified atom stereocenters. The van der Waals surface area contributed by atoms with Crippen LogP contribution in [0.3, 0.4) is 0 Å². The maximum atomic E-state index is 13.1. The van der Waals surface area contributed by atoms with Gasteiger partial charge in [-0.05, 0) is 6.07 Å². The van der Waals surface area contributed by atoms with E-state index in [1.54, 1.807) is 0 Å². The van der Waals surface area contributed by atoms with Crippen LogP contribution in [0.5, 0.6) is 0 Å². The molecule has 2 aromatic rings. The van der Waals surface area contributed by atoms with E-state index < -0.39 is 22.3 Å². The first kappa shape index (κ1) is 12.1. The molecule has 1 heterocycles. The molecule has 1 aromatic carbocycles. The summed E-state index contributed by atoms with van der Waals surface area (Å²) in [5.74, 6) is -1.34. The molecule has 92 valence electrons. The molecule has 2 rings (SSSR count). The van der Waals surface area contributed by atoms with Crippen molar-refractivity contribution in [3.63, 3.8) is 0 Å². The summed E-state index contributed by atoms with van der Waals surface area (Å²) in [5.41, 5.74) is 1.23. The van der Waals surface area contributed by atoms with Crippen LogP contribution in [-0.2, 0) is 0 Å². The fourth-order valence-corrected chi connectivity index (χ4v) is 1.80. The van der Waals surface area contributed by atoms with Crippen LogP contribution < -0.4 is 5.32 Å².